The monoisotopic (exact) mass is 704 g/mol. The third-order valence-corrected chi connectivity index (χ3v) is 11.8. The molecule has 1 aromatic carbocycles. The molecule has 2 atom stereocenters. The number of hydrogen-bond donors (Lipinski definition) is 1. The first-order chi connectivity index (χ1) is 23.1. The van der Waals surface area contributed by atoms with Gasteiger partial charge in [-0.05, 0) is 72.9 Å². The average molecular weight is 705 g/mol. The molecule has 5 heterocycles. The molecule has 248 valence electrons. The lowest BCUT2D eigenvalue weighted by molar-refractivity contribution is -0.134. The van der Waals surface area contributed by atoms with Gasteiger partial charge in [-0.1, -0.05) is 11.6 Å². The molecule has 48 heavy (non-hydrogen) atoms. The fourth-order valence-corrected chi connectivity index (χ4v) is 9.62. The van der Waals surface area contributed by atoms with Crippen LogP contribution in [0.2, 0.25) is 5.15 Å². The van der Waals surface area contributed by atoms with Crippen LogP contribution in [0.15, 0.2) is 29.8 Å². The van der Waals surface area contributed by atoms with E-state index < -0.39 is 0 Å². The maximum absolute atomic E-state index is 14.6. The van der Waals surface area contributed by atoms with Crippen molar-refractivity contribution in [3.05, 3.63) is 67.8 Å². The van der Waals surface area contributed by atoms with Gasteiger partial charge < -0.3 is 15.1 Å². The van der Waals surface area contributed by atoms with Crippen LogP contribution < -0.4 is 5.32 Å². The summed E-state index contributed by atoms with van der Waals surface area (Å²) in [4.78, 5) is 53.4. The van der Waals surface area contributed by atoms with Gasteiger partial charge in [0.15, 0.2) is 0 Å². The van der Waals surface area contributed by atoms with Crippen LogP contribution in [0.1, 0.15) is 44.8 Å². The Morgan fingerprint density at radius 3 is 2.06 bits per heavy atom. The lowest BCUT2D eigenvalue weighted by atomic mass is 9.87. The summed E-state index contributed by atoms with van der Waals surface area (Å²) in [5.41, 5.74) is 4.63. The van der Waals surface area contributed by atoms with Gasteiger partial charge in [0, 0.05) is 56.0 Å². The van der Waals surface area contributed by atoms with Gasteiger partial charge in [-0.25, -0.2) is 24.3 Å². The number of benzene rings is 1. The lowest BCUT2D eigenvalue weighted by Crippen LogP contribution is -2.32. The number of aliphatic imine (C=N–C) groups is 1. The van der Waals surface area contributed by atoms with Crippen molar-refractivity contribution < 1.29 is 14.0 Å². The summed E-state index contributed by atoms with van der Waals surface area (Å²) in [5, 5.41) is 5.63. The maximum Gasteiger partial charge on any atom is 0.225 e. The number of rotatable bonds is 4. The maximum atomic E-state index is 14.6. The SMILES string of the molecule is CN(C)C(=O)[C@H]1CCc2c(sc3ncnc(Cl)c23)C1.CN(C)C(=O)[C@H]1CCc2c(sc3ncnc(Nc4cc5c(cc4F)CN=C5)c23)C1. The molecule has 0 bridgehead atoms. The van der Waals surface area contributed by atoms with E-state index in [2.05, 4.69) is 30.2 Å². The van der Waals surface area contributed by atoms with Crippen molar-refractivity contribution in [2.45, 2.75) is 45.1 Å². The first-order valence-electron chi connectivity index (χ1n) is 15.8. The highest BCUT2D eigenvalue weighted by molar-refractivity contribution is 7.19. The van der Waals surface area contributed by atoms with Gasteiger partial charge in [0.2, 0.25) is 11.8 Å². The Morgan fingerprint density at radius 2 is 1.44 bits per heavy atom. The third kappa shape index (κ3) is 6.03. The minimum absolute atomic E-state index is 0.00312. The van der Waals surface area contributed by atoms with E-state index in [4.69, 9.17) is 11.6 Å². The van der Waals surface area contributed by atoms with Crippen molar-refractivity contribution >= 4 is 84.2 Å². The van der Waals surface area contributed by atoms with Crippen LogP contribution in [0.5, 0.6) is 0 Å². The number of carbonyl (C=O) groups is 2. The van der Waals surface area contributed by atoms with E-state index in [1.54, 1.807) is 58.8 Å². The van der Waals surface area contributed by atoms with Crippen molar-refractivity contribution in [2.24, 2.45) is 16.8 Å². The first-order valence-corrected chi connectivity index (χ1v) is 17.8. The highest BCUT2D eigenvalue weighted by Crippen LogP contribution is 2.42. The van der Waals surface area contributed by atoms with Crippen LogP contribution in [0.4, 0.5) is 15.9 Å². The largest absolute Gasteiger partial charge is 0.349 e. The van der Waals surface area contributed by atoms with Crippen LogP contribution >= 0.6 is 34.3 Å². The summed E-state index contributed by atoms with van der Waals surface area (Å²) in [7, 11) is 7.22. The molecule has 0 unspecified atom stereocenters. The van der Waals surface area contributed by atoms with Gasteiger partial charge in [0.1, 0.15) is 39.1 Å². The molecule has 2 aliphatic carbocycles. The number of halogens is 2. The third-order valence-electron chi connectivity index (χ3n) is 9.20. The molecule has 10 nitrogen and oxygen atoms in total. The first kappa shape index (κ1) is 32.5. The number of aromatic nitrogens is 4. The number of amides is 2. The Labute approximate surface area is 290 Å². The van der Waals surface area contributed by atoms with E-state index >= 15 is 0 Å². The molecule has 14 heteroatoms. The molecular weight excluding hydrogens is 671 g/mol. The number of nitrogens with one attached hydrogen (secondary N) is 1. The van der Waals surface area contributed by atoms with Gasteiger partial charge in [0.05, 0.1) is 23.0 Å². The molecule has 1 aliphatic heterocycles. The second-order valence-electron chi connectivity index (χ2n) is 12.7. The number of aryl methyl sites for hydroxylation is 2. The minimum atomic E-state index is -0.318. The molecular formula is C34H34ClFN8O2S2. The van der Waals surface area contributed by atoms with Gasteiger partial charge in [-0.15, -0.1) is 22.7 Å². The van der Waals surface area contributed by atoms with Crippen LogP contribution in [-0.4, -0.2) is 76.0 Å². The van der Waals surface area contributed by atoms with E-state index in [0.717, 1.165) is 70.1 Å². The molecule has 5 aromatic rings. The van der Waals surface area contributed by atoms with Gasteiger partial charge in [-0.3, -0.25) is 14.6 Å². The molecule has 2 amide bonds. The molecule has 0 saturated carbocycles. The van der Waals surface area contributed by atoms with Gasteiger partial charge >= 0.3 is 0 Å². The normalized spacial score (nSPS) is 17.7. The Morgan fingerprint density at radius 1 is 0.854 bits per heavy atom. The predicted molar refractivity (Wildman–Crippen MR) is 189 cm³/mol. The van der Waals surface area contributed by atoms with Gasteiger partial charge in [0.25, 0.3) is 0 Å². The number of anilines is 2. The number of hydrogen-bond acceptors (Lipinski definition) is 10. The fraction of sp³-hybridized carbons (Fsp3) is 0.382. The number of fused-ring (bicyclic) bond motifs is 7. The van der Waals surface area contributed by atoms with Crippen molar-refractivity contribution in [1.29, 1.82) is 0 Å². The highest BCUT2D eigenvalue weighted by atomic mass is 35.5. The second kappa shape index (κ2) is 13.1. The average Bonchev–Trinajstić information content (AvgIpc) is 3.79. The summed E-state index contributed by atoms with van der Waals surface area (Å²) in [6, 6.07) is 3.31. The van der Waals surface area contributed by atoms with Gasteiger partial charge in [-0.2, -0.15) is 0 Å². The topological polar surface area (TPSA) is 117 Å². The molecule has 3 aliphatic rings. The standard InChI is InChI=1S/C21H20FN5OS.C13H14ClN3OS/c1-27(2)21(28)11-3-4-14-17(7-11)29-20-18(14)19(24-10-25-20)26-16-6-13-9-23-8-12(13)5-15(16)22;1-17(2)13(18)7-3-4-8-9(5-7)19-12-10(8)11(14)15-6-16-12/h5-6,9-11H,3-4,7-8H2,1-2H3,(H,24,25,26);6-7H,3-5H2,1-2H3/t11-;7-/m00/s1. The summed E-state index contributed by atoms with van der Waals surface area (Å²) in [6.07, 6.45) is 9.63. The highest BCUT2D eigenvalue weighted by Gasteiger charge is 2.31. The van der Waals surface area contributed by atoms with E-state index in [1.807, 2.05) is 14.1 Å². The van der Waals surface area contributed by atoms with Crippen LogP contribution in [0.25, 0.3) is 20.4 Å². The zero-order valence-electron chi connectivity index (χ0n) is 27.0. The molecule has 4 aromatic heterocycles. The summed E-state index contributed by atoms with van der Waals surface area (Å²) in [6.45, 7) is 0.523. The molecule has 0 fully saturated rings. The molecule has 0 spiro atoms. The summed E-state index contributed by atoms with van der Waals surface area (Å²) >= 11 is 9.41. The van der Waals surface area contributed by atoms with Crippen molar-refractivity contribution in [1.82, 2.24) is 29.7 Å². The second-order valence-corrected chi connectivity index (χ2v) is 15.3. The van der Waals surface area contributed by atoms with Crippen molar-refractivity contribution in [2.75, 3.05) is 33.5 Å². The Hall–Kier alpha value is -4.07. The van der Waals surface area contributed by atoms with E-state index in [9.17, 15) is 14.0 Å². The smallest absolute Gasteiger partial charge is 0.225 e. The Kier molecular flexibility index (Phi) is 8.86. The fourth-order valence-electron chi connectivity index (χ4n) is 6.78. The number of nitrogens with zero attached hydrogens (tertiary/aromatic N) is 7. The summed E-state index contributed by atoms with van der Waals surface area (Å²) in [5.74, 6) is 0.755. The van der Waals surface area contributed by atoms with E-state index in [0.29, 0.717) is 23.2 Å². The molecule has 8 rings (SSSR count). The zero-order valence-corrected chi connectivity index (χ0v) is 29.4. The zero-order chi connectivity index (χ0) is 33.7. The van der Waals surface area contributed by atoms with E-state index in [-0.39, 0.29) is 29.5 Å². The number of carbonyl (C=O) groups excluding carboxylic acids is 2. The lowest BCUT2D eigenvalue weighted by Gasteiger charge is -2.24. The van der Waals surface area contributed by atoms with Crippen LogP contribution in [-0.2, 0) is 41.8 Å². The molecule has 0 radical (unpaired) electrons. The predicted octanol–water partition coefficient (Wildman–Crippen LogP) is 6.24. The van der Waals surface area contributed by atoms with Crippen LogP contribution in [0.3, 0.4) is 0 Å². The minimum Gasteiger partial charge on any atom is -0.349 e. The molecule has 0 saturated heterocycles. The Bertz CT molecular complexity index is 2110. The molecule has 1 N–H and O–H groups in total. The Balaban J connectivity index is 0.000000166. The van der Waals surface area contributed by atoms with Crippen molar-refractivity contribution in [3.8, 4) is 0 Å². The van der Waals surface area contributed by atoms with E-state index in [1.165, 1.54) is 39.6 Å². The number of thiophene rings is 2. The quantitative estimate of drug-likeness (QED) is 0.220. The summed E-state index contributed by atoms with van der Waals surface area (Å²) < 4.78 is 14.6. The van der Waals surface area contributed by atoms with Crippen molar-refractivity contribution in [3.63, 3.8) is 0 Å². The van der Waals surface area contributed by atoms with Crippen LogP contribution in [0, 0.1) is 17.7 Å².